The minimum Gasteiger partial charge on any atom is -0.292 e. The third-order valence-electron chi connectivity index (χ3n) is 5.79. The Morgan fingerprint density at radius 1 is 1.06 bits per heavy atom. The molecule has 34 heavy (non-hydrogen) atoms. The summed E-state index contributed by atoms with van der Waals surface area (Å²) < 4.78 is 25.5. The molecule has 0 saturated heterocycles. The largest absolute Gasteiger partial charge is 0.292 e. The van der Waals surface area contributed by atoms with Crippen molar-refractivity contribution in [2.45, 2.75) is 40.7 Å². The minimum absolute atomic E-state index is 0.139. The molecule has 2 aliphatic rings. The van der Waals surface area contributed by atoms with Gasteiger partial charge in [0.15, 0.2) is 15.7 Å². The van der Waals surface area contributed by atoms with E-state index in [1.54, 1.807) is 36.2 Å². The number of carbonyl (C=O) groups excluding carboxylic acids is 1. The second-order valence-corrected chi connectivity index (χ2v) is 12.2. The number of aromatic nitrogens is 2. The van der Waals surface area contributed by atoms with Crippen molar-refractivity contribution in [3.63, 3.8) is 0 Å². The van der Waals surface area contributed by atoms with Crippen LogP contribution in [0.25, 0.3) is 0 Å². The first-order chi connectivity index (χ1) is 16.0. The van der Waals surface area contributed by atoms with Gasteiger partial charge in [0.1, 0.15) is 10.6 Å². The molecule has 1 aromatic heterocycles. The summed E-state index contributed by atoms with van der Waals surface area (Å²) in [5.41, 5.74) is 1.11. The lowest BCUT2D eigenvalue weighted by atomic mass is 10.1. The molecule has 10 heteroatoms. The first-order valence-corrected chi connectivity index (χ1v) is 13.5. The van der Waals surface area contributed by atoms with E-state index in [0.29, 0.717) is 30.4 Å². The molecule has 0 atom stereocenters. The van der Waals surface area contributed by atoms with Crippen LogP contribution in [0.3, 0.4) is 0 Å². The van der Waals surface area contributed by atoms with E-state index in [2.05, 4.69) is 0 Å². The normalized spacial score (nSPS) is 16.9. The SMILES string of the molecule is CN1C(=O)c2c(nn(Cc3ccc(S(C)(=O)=O)cc3)c2Sc2ccccc2)N2CC(C)(C)N=C12. The zero-order valence-corrected chi connectivity index (χ0v) is 21.0. The molecule has 0 unspecified atom stereocenters. The highest BCUT2D eigenvalue weighted by Gasteiger charge is 2.45. The highest BCUT2D eigenvalue weighted by Crippen LogP contribution is 2.41. The van der Waals surface area contributed by atoms with Gasteiger partial charge in [-0.3, -0.25) is 19.3 Å². The number of carbonyl (C=O) groups is 1. The standard InChI is InChI=1S/C24H25N5O3S2/c1-24(2)15-28-20-19(21(30)27(3)23(28)25-24)22(33-17-8-6-5-7-9-17)29(26-20)14-16-10-12-18(13-11-16)34(4,31)32/h5-13H,14-15H2,1-4H3. The quantitative estimate of drug-likeness (QED) is 0.538. The number of nitrogens with zero attached hydrogens (tertiary/aromatic N) is 5. The number of fused-ring (bicyclic) bond motifs is 3. The number of benzene rings is 2. The Hall–Kier alpha value is -3.11. The Bertz CT molecular complexity index is 1410. The Balaban J connectivity index is 1.61. The van der Waals surface area contributed by atoms with Crippen molar-refractivity contribution >= 4 is 39.3 Å². The first kappa shape index (κ1) is 22.7. The minimum atomic E-state index is -3.27. The number of sulfone groups is 1. The van der Waals surface area contributed by atoms with Crippen LogP contribution in [0, 0.1) is 0 Å². The summed E-state index contributed by atoms with van der Waals surface area (Å²) in [7, 11) is -1.53. The molecule has 0 spiro atoms. The number of guanidine groups is 1. The van der Waals surface area contributed by atoms with Crippen LogP contribution < -0.4 is 4.90 Å². The predicted octanol–water partition coefficient (Wildman–Crippen LogP) is 3.53. The van der Waals surface area contributed by atoms with Gasteiger partial charge in [0.2, 0.25) is 5.96 Å². The van der Waals surface area contributed by atoms with Crippen LogP contribution in [0.2, 0.25) is 0 Å². The molecule has 0 aliphatic carbocycles. The molecule has 1 amide bonds. The van der Waals surface area contributed by atoms with Crippen molar-refractivity contribution in [3.05, 3.63) is 65.7 Å². The summed E-state index contributed by atoms with van der Waals surface area (Å²) >= 11 is 1.49. The van der Waals surface area contributed by atoms with Gasteiger partial charge in [-0.25, -0.2) is 13.4 Å². The fourth-order valence-corrected chi connectivity index (χ4v) is 5.78. The van der Waals surface area contributed by atoms with Crippen LogP contribution in [0.1, 0.15) is 29.8 Å². The molecule has 0 N–H and O–H groups in total. The lowest BCUT2D eigenvalue weighted by molar-refractivity contribution is 0.0862. The van der Waals surface area contributed by atoms with Crippen molar-refractivity contribution in [2.75, 3.05) is 24.7 Å². The second kappa shape index (κ2) is 7.99. The maximum absolute atomic E-state index is 13.5. The molecular formula is C24H25N5O3S2. The lowest BCUT2D eigenvalue weighted by Crippen LogP contribution is -2.48. The number of anilines is 1. The maximum atomic E-state index is 13.5. The van der Waals surface area contributed by atoms with Crippen molar-refractivity contribution in [1.29, 1.82) is 0 Å². The number of amides is 1. The van der Waals surface area contributed by atoms with Crippen molar-refractivity contribution in [1.82, 2.24) is 14.7 Å². The first-order valence-electron chi connectivity index (χ1n) is 10.8. The molecule has 0 radical (unpaired) electrons. The van der Waals surface area contributed by atoms with Crippen molar-refractivity contribution < 1.29 is 13.2 Å². The molecular weight excluding hydrogens is 470 g/mol. The highest BCUT2D eigenvalue weighted by molar-refractivity contribution is 7.99. The fourth-order valence-electron chi connectivity index (χ4n) is 4.14. The van der Waals surface area contributed by atoms with E-state index in [9.17, 15) is 13.2 Å². The summed E-state index contributed by atoms with van der Waals surface area (Å²) in [4.78, 5) is 23.1. The number of rotatable bonds is 5. The van der Waals surface area contributed by atoms with Gasteiger partial charge in [0.25, 0.3) is 5.91 Å². The van der Waals surface area contributed by atoms with E-state index in [4.69, 9.17) is 10.1 Å². The second-order valence-electron chi connectivity index (χ2n) is 9.17. The molecule has 2 aliphatic heterocycles. The van der Waals surface area contributed by atoms with Crippen LogP contribution in [-0.4, -0.2) is 60.4 Å². The number of hydrogen-bond acceptors (Lipinski definition) is 7. The summed E-state index contributed by atoms with van der Waals surface area (Å²) in [6, 6.07) is 16.6. The number of hydrogen-bond donors (Lipinski definition) is 0. The Kier molecular flexibility index (Phi) is 5.33. The summed E-state index contributed by atoms with van der Waals surface area (Å²) in [5.74, 6) is 1.08. The van der Waals surface area contributed by atoms with E-state index >= 15 is 0 Å². The third kappa shape index (κ3) is 4.01. The summed E-state index contributed by atoms with van der Waals surface area (Å²) in [6.07, 6.45) is 1.19. The van der Waals surface area contributed by atoms with Gasteiger partial charge in [-0.2, -0.15) is 5.10 Å². The van der Waals surface area contributed by atoms with Gasteiger partial charge in [-0.1, -0.05) is 42.1 Å². The smallest absolute Gasteiger partial charge is 0.266 e. The van der Waals surface area contributed by atoms with E-state index in [-0.39, 0.29) is 16.3 Å². The fraction of sp³-hybridized carbons (Fsp3) is 0.292. The summed E-state index contributed by atoms with van der Waals surface area (Å²) in [5, 5.41) is 5.63. The molecule has 0 saturated carbocycles. The average Bonchev–Trinajstić information content (AvgIpc) is 3.30. The topological polar surface area (TPSA) is 87.9 Å². The monoisotopic (exact) mass is 495 g/mol. The molecule has 3 heterocycles. The summed E-state index contributed by atoms with van der Waals surface area (Å²) in [6.45, 7) is 5.10. The zero-order valence-electron chi connectivity index (χ0n) is 19.4. The molecule has 0 fully saturated rings. The van der Waals surface area contributed by atoms with Crippen molar-refractivity contribution in [3.8, 4) is 0 Å². The Labute approximate surface area is 203 Å². The van der Waals surface area contributed by atoms with E-state index in [0.717, 1.165) is 15.5 Å². The Morgan fingerprint density at radius 3 is 2.38 bits per heavy atom. The van der Waals surface area contributed by atoms with Crippen LogP contribution in [-0.2, 0) is 16.4 Å². The van der Waals surface area contributed by atoms with Crippen LogP contribution >= 0.6 is 11.8 Å². The van der Waals surface area contributed by atoms with E-state index in [1.807, 2.05) is 53.8 Å². The van der Waals surface area contributed by atoms with E-state index < -0.39 is 9.84 Å². The highest BCUT2D eigenvalue weighted by atomic mass is 32.2. The van der Waals surface area contributed by atoms with Crippen LogP contribution in [0.4, 0.5) is 5.82 Å². The molecule has 176 valence electrons. The number of aliphatic imine (C=N–C) groups is 1. The van der Waals surface area contributed by atoms with Crippen LogP contribution in [0.5, 0.6) is 0 Å². The predicted molar refractivity (Wildman–Crippen MR) is 132 cm³/mol. The maximum Gasteiger partial charge on any atom is 0.266 e. The van der Waals surface area contributed by atoms with Gasteiger partial charge < -0.3 is 0 Å². The molecule has 5 rings (SSSR count). The van der Waals surface area contributed by atoms with Gasteiger partial charge >= 0.3 is 0 Å². The molecule has 8 nitrogen and oxygen atoms in total. The van der Waals surface area contributed by atoms with Gasteiger partial charge in [-0.15, -0.1) is 0 Å². The van der Waals surface area contributed by atoms with Crippen LogP contribution in [0.15, 0.2) is 74.4 Å². The Morgan fingerprint density at radius 2 is 1.74 bits per heavy atom. The van der Waals surface area contributed by atoms with Gasteiger partial charge in [0, 0.05) is 18.2 Å². The average molecular weight is 496 g/mol. The zero-order chi connectivity index (χ0) is 24.3. The molecule has 2 aromatic carbocycles. The van der Waals surface area contributed by atoms with E-state index in [1.165, 1.54) is 18.0 Å². The van der Waals surface area contributed by atoms with Gasteiger partial charge in [-0.05, 0) is 43.7 Å². The van der Waals surface area contributed by atoms with Crippen molar-refractivity contribution in [2.24, 2.45) is 4.99 Å². The van der Waals surface area contributed by atoms with Gasteiger partial charge in [0.05, 0.1) is 23.5 Å². The molecule has 0 bridgehead atoms. The lowest BCUT2D eigenvalue weighted by Gasteiger charge is -2.30. The third-order valence-corrected chi connectivity index (χ3v) is 8.04. The molecule has 3 aromatic rings.